The van der Waals surface area contributed by atoms with E-state index in [2.05, 4.69) is 0 Å². The highest BCUT2D eigenvalue weighted by molar-refractivity contribution is 6.20. The number of hydrogen-bond donors (Lipinski definition) is 0. The molecule has 2 aromatic carbocycles. The van der Waals surface area contributed by atoms with Crippen molar-refractivity contribution in [2.75, 3.05) is 4.90 Å². The summed E-state index contributed by atoms with van der Waals surface area (Å²) >= 11 is 0. The molecule has 0 atom stereocenters. The summed E-state index contributed by atoms with van der Waals surface area (Å²) in [5, 5.41) is 0.696. The summed E-state index contributed by atoms with van der Waals surface area (Å²) in [5.74, 6) is -1.21. The standard InChI is InChI=1S/C23H19NO6/c1-2-14-6-7-18-16(12-22(27)30-19(18)10-14)13-29-23(28)15-4-3-5-17(11-15)24-20(25)8-9-21(24)26/h3-7,10-12H,2,8-9,13H2,1H3. The van der Waals surface area contributed by atoms with Gasteiger partial charge in [-0.2, -0.15) is 0 Å². The number of anilines is 1. The maximum atomic E-state index is 12.6. The second-order valence-corrected chi connectivity index (χ2v) is 7.02. The third kappa shape index (κ3) is 3.74. The molecule has 1 aliphatic rings. The summed E-state index contributed by atoms with van der Waals surface area (Å²) in [5.41, 5.74) is 2.05. The molecule has 1 saturated heterocycles. The van der Waals surface area contributed by atoms with Crippen LogP contribution in [-0.2, 0) is 27.4 Å². The zero-order chi connectivity index (χ0) is 21.3. The Labute approximate surface area is 171 Å². The molecule has 0 aliphatic carbocycles. The summed E-state index contributed by atoms with van der Waals surface area (Å²) in [7, 11) is 0. The lowest BCUT2D eigenvalue weighted by atomic mass is 10.1. The largest absolute Gasteiger partial charge is 0.457 e. The van der Waals surface area contributed by atoms with Crippen molar-refractivity contribution in [3.05, 3.63) is 75.6 Å². The van der Waals surface area contributed by atoms with Crippen LogP contribution in [0.5, 0.6) is 0 Å². The fourth-order valence-corrected chi connectivity index (χ4v) is 3.48. The number of amides is 2. The maximum absolute atomic E-state index is 12.6. The van der Waals surface area contributed by atoms with E-state index in [1.165, 1.54) is 12.1 Å². The highest BCUT2D eigenvalue weighted by Crippen LogP contribution is 2.24. The van der Waals surface area contributed by atoms with E-state index in [1.807, 2.05) is 19.1 Å². The van der Waals surface area contributed by atoms with Crippen molar-refractivity contribution in [1.82, 2.24) is 0 Å². The monoisotopic (exact) mass is 405 g/mol. The average Bonchev–Trinajstić information content (AvgIpc) is 3.09. The van der Waals surface area contributed by atoms with Crippen molar-refractivity contribution in [3.63, 3.8) is 0 Å². The molecular weight excluding hydrogens is 386 g/mol. The number of benzene rings is 2. The Morgan fingerprint density at radius 3 is 2.53 bits per heavy atom. The van der Waals surface area contributed by atoms with Crippen LogP contribution in [-0.4, -0.2) is 17.8 Å². The van der Waals surface area contributed by atoms with Gasteiger partial charge in [0, 0.05) is 29.9 Å². The molecule has 7 nitrogen and oxygen atoms in total. The molecule has 0 spiro atoms. The molecule has 0 unspecified atom stereocenters. The van der Waals surface area contributed by atoms with Gasteiger partial charge in [-0.05, 0) is 36.2 Å². The molecule has 0 bridgehead atoms. The number of ether oxygens (including phenoxy) is 1. The first-order valence-electron chi connectivity index (χ1n) is 9.65. The minimum absolute atomic E-state index is 0.113. The molecule has 2 heterocycles. The molecule has 1 aliphatic heterocycles. The minimum atomic E-state index is -0.623. The first-order chi connectivity index (χ1) is 14.5. The second kappa shape index (κ2) is 7.94. The molecule has 4 rings (SSSR count). The van der Waals surface area contributed by atoms with Crippen molar-refractivity contribution < 1.29 is 23.5 Å². The number of rotatable bonds is 5. The highest BCUT2D eigenvalue weighted by Gasteiger charge is 2.30. The van der Waals surface area contributed by atoms with Crippen LogP contribution < -0.4 is 10.5 Å². The van der Waals surface area contributed by atoms with Gasteiger partial charge < -0.3 is 9.15 Å². The van der Waals surface area contributed by atoms with Gasteiger partial charge in [0.15, 0.2) is 0 Å². The Kier molecular flexibility index (Phi) is 5.18. The SMILES string of the molecule is CCc1ccc2c(COC(=O)c3cccc(N4C(=O)CCC4=O)c3)cc(=O)oc2c1. The van der Waals surface area contributed by atoms with Crippen molar-refractivity contribution >= 4 is 34.4 Å². The molecule has 0 radical (unpaired) electrons. The van der Waals surface area contributed by atoms with E-state index in [4.69, 9.17) is 9.15 Å². The molecular formula is C23H19NO6. The van der Waals surface area contributed by atoms with Gasteiger partial charge in [-0.15, -0.1) is 0 Å². The summed E-state index contributed by atoms with van der Waals surface area (Å²) in [6.07, 6.45) is 1.13. The summed E-state index contributed by atoms with van der Waals surface area (Å²) in [6.45, 7) is 1.89. The molecule has 0 N–H and O–H groups in total. The number of fused-ring (bicyclic) bond motifs is 1. The van der Waals surface area contributed by atoms with E-state index >= 15 is 0 Å². The lowest BCUT2D eigenvalue weighted by Gasteiger charge is -2.14. The molecule has 1 fully saturated rings. The first-order valence-corrected chi connectivity index (χ1v) is 9.65. The Balaban J connectivity index is 1.56. The van der Waals surface area contributed by atoms with Gasteiger partial charge in [0.1, 0.15) is 12.2 Å². The molecule has 7 heteroatoms. The summed E-state index contributed by atoms with van der Waals surface area (Å²) in [6, 6.07) is 13.1. The number of aryl methyl sites for hydroxylation is 1. The van der Waals surface area contributed by atoms with Crippen LogP contribution in [0.2, 0.25) is 0 Å². The summed E-state index contributed by atoms with van der Waals surface area (Å²) in [4.78, 5) is 49.4. The molecule has 1 aromatic heterocycles. The van der Waals surface area contributed by atoms with Crippen molar-refractivity contribution in [2.24, 2.45) is 0 Å². The molecule has 3 aromatic rings. The number of hydrogen-bond acceptors (Lipinski definition) is 6. The normalized spacial score (nSPS) is 13.8. The topological polar surface area (TPSA) is 93.9 Å². The van der Waals surface area contributed by atoms with Crippen LogP contribution in [0.25, 0.3) is 11.0 Å². The molecule has 152 valence electrons. The average molecular weight is 405 g/mol. The number of carbonyl (C=O) groups excluding carboxylic acids is 3. The van der Waals surface area contributed by atoms with Gasteiger partial charge in [-0.25, -0.2) is 9.59 Å². The van der Waals surface area contributed by atoms with Crippen LogP contribution in [0, 0.1) is 0 Å². The third-order valence-corrected chi connectivity index (χ3v) is 5.05. The van der Waals surface area contributed by atoms with Gasteiger partial charge in [-0.3, -0.25) is 14.5 Å². The van der Waals surface area contributed by atoms with Crippen LogP contribution in [0.15, 0.2) is 57.7 Å². The van der Waals surface area contributed by atoms with E-state index in [-0.39, 0.29) is 36.8 Å². The van der Waals surface area contributed by atoms with Gasteiger partial charge in [0.2, 0.25) is 11.8 Å². The van der Waals surface area contributed by atoms with E-state index in [1.54, 1.807) is 24.3 Å². The smallest absolute Gasteiger partial charge is 0.338 e. The Bertz CT molecular complexity index is 1210. The maximum Gasteiger partial charge on any atom is 0.338 e. The quantitative estimate of drug-likeness (QED) is 0.367. The number of imide groups is 1. The second-order valence-electron chi connectivity index (χ2n) is 7.02. The minimum Gasteiger partial charge on any atom is -0.457 e. The third-order valence-electron chi connectivity index (χ3n) is 5.05. The lowest BCUT2D eigenvalue weighted by Crippen LogP contribution is -2.28. The van der Waals surface area contributed by atoms with E-state index in [9.17, 15) is 19.2 Å². The fourth-order valence-electron chi connectivity index (χ4n) is 3.48. The zero-order valence-electron chi connectivity index (χ0n) is 16.3. The molecule has 0 saturated carbocycles. The van der Waals surface area contributed by atoms with E-state index < -0.39 is 11.6 Å². The Hall–Kier alpha value is -3.74. The van der Waals surface area contributed by atoms with Gasteiger partial charge in [0.25, 0.3) is 0 Å². The van der Waals surface area contributed by atoms with Crippen molar-refractivity contribution in [1.29, 1.82) is 0 Å². The number of esters is 1. The number of carbonyl (C=O) groups is 3. The van der Waals surface area contributed by atoms with Gasteiger partial charge in [-0.1, -0.05) is 25.1 Å². The van der Waals surface area contributed by atoms with Crippen LogP contribution in [0.3, 0.4) is 0 Å². The van der Waals surface area contributed by atoms with Crippen LogP contribution in [0.4, 0.5) is 5.69 Å². The van der Waals surface area contributed by atoms with Crippen LogP contribution in [0.1, 0.15) is 41.3 Å². The van der Waals surface area contributed by atoms with Gasteiger partial charge >= 0.3 is 11.6 Å². The van der Waals surface area contributed by atoms with Crippen LogP contribution >= 0.6 is 0 Å². The Morgan fingerprint density at radius 1 is 1.03 bits per heavy atom. The molecule has 2 amide bonds. The van der Waals surface area contributed by atoms with E-state index in [0.29, 0.717) is 22.2 Å². The fraction of sp³-hybridized carbons (Fsp3) is 0.217. The number of nitrogens with zero attached hydrogens (tertiary/aromatic N) is 1. The van der Waals surface area contributed by atoms with Crippen molar-refractivity contribution in [2.45, 2.75) is 32.8 Å². The van der Waals surface area contributed by atoms with Crippen molar-refractivity contribution in [3.8, 4) is 0 Å². The molecule has 30 heavy (non-hydrogen) atoms. The lowest BCUT2D eigenvalue weighted by molar-refractivity contribution is -0.121. The van der Waals surface area contributed by atoms with E-state index in [0.717, 1.165) is 16.9 Å². The predicted octanol–water partition coefficient (Wildman–Crippen LogP) is 3.37. The first kappa shape index (κ1) is 19.6. The zero-order valence-corrected chi connectivity index (χ0v) is 16.3. The summed E-state index contributed by atoms with van der Waals surface area (Å²) < 4.78 is 10.7. The van der Waals surface area contributed by atoms with Gasteiger partial charge in [0.05, 0.1) is 11.3 Å². The Morgan fingerprint density at radius 2 is 1.80 bits per heavy atom. The predicted molar refractivity (Wildman–Crippen MR) is 109 cm³/mol. The highest BCUT2D eigenvalue weighted by atomic mass is 16.5.